The van der Waals surface area contributed by atoms with E-state index in [4.69, 9.17) is 4.98 Å². The number of para-hydroxylation sites is 2. The first-order chi connectivity index (χ1) is 8.75. The Balaban J connectivity index is 2.37. The fraction of sp³-hybridized carbons (Fsp3) is 0.133. The fourth-order valence-electron chi connectivity index (χ4n) is 2.68. The Kier molecular flexibility index (Phi) is 1.69. The van der Waals surface area contributed by atoms with E-state index in [0.29, 0.717) is 0 Å². The van der Waals surface area contributed by atoms with Gasteiger partial charge >= 0.3 is 0 Å². The van der Waals surface area contributed by atoms with Gasteiger partial charge in [-0.1, -0.05) is 18.2 Å². The number of hydrogen-bond acceptors (Lipinski definition) is 1. The molecule has 0 unspecified atom stereocenters. The van der Waals surface area contributed by atoms with Crippen molar-refractivity contribution in [3.05, 3.63) is 48.0 Å². The number of fused-ring (bicyclic) bond motifs is 5. The van der Waals surface area contributed by atoms with Gasteiger partial charge in [0, 0.05) is 7.05 Å². The number of imidazole rings is 2. The van der Waals surface area contributed by atoms with Crippen LogP contribution in [0, 0.1) is 6.92 Å². The summed E-state index contributed by atoms with van der Waals surface area (Å²) in [5.74, 6) is 0.997. The normalized spacial score (nSPS) is 11.9. The molecule has 4 rings (SSSR count). The number of hydrogen-bond donors (Lipinski definition) is 0. The summed E-state index contributed by atoms with van der Waals surface area (Å²) in [6.07, 6.45) is 0. The van der Waals surface area contributed by atoms with Crippen LogP contribution in [0.5, 0.6) is 0 Å². The minimum absolute atomic E-state index is 0.997. The van der Waals surface area contributed by atoms with Crippen molar-refractivity contribution in [2.45, 2.75) is 6.92 Å². The van der Waals surface area contributed by atoms with E-state index < -0.39 is 0 Å². The zero-order valence-electron chi connectivity index (χ0n) is 10.4. The average molecular weight is 235 g/mol. The zero-order valence-corrected chi connectivity index (χ0v) is 10.4. The van der Waals surface area contributed by atoms with Gasteiger partial charge in [0.25, 0.3) is 0 Å². The molecule has 0 amide bonds. The summed E-state index contributed by atoms with van der Waals surface area (Å²) in [6, 6.07) is 14.8. The van der Waals surface area contributed by atoms with E-state index in [0.717, 1.165) is 11.3 Å². The Bertz CT molecular complexity index is 896. The van der Waals surface area contributed by atoms with Crippen LogP contribution in [0.25, 0.3) is 27.8 Å². The van der Waals surface area contributed by atoms with Gasteiger partial charge in [-0.05, 0) is 36.8 Å². The Morgan fingerprint density at radius 2 is 1.78 bits per heavy atom. The van der Waals surface area contributed by atoms with Crippen LogP contribution in [-0.4, -0.2) is 14.0 Å². The van der Waals surface area contributed by atoms with Crippen LogP contribution in [0.15, 0.2) is 42.5 Å². The van der Waals surface area contributed by atoms with Gasteiger partial charge in [-0.15, -0.1) is 0 Å². The molecule has 3 nitrogen and oxygen atoms in total. The highest BCUT2D eigenvalue weighted by Crippen LogP contribution is 2.25. The number of aryl methyl sites for hydroxylation is 2. The number of nitrogens with zero attached hydrogens (tertiary/aromatic N) is 3. The van der Waals surface area contributed by atoms with Gasteiger partial charge in [-0.25, -0.2) is 4.98 Å². The second-order valence-corrected chi connectivity index (χ2v) is 4.79. The van der Waals surface area contributed by atoms with E-state index in [-0.39, 0.29) is 0 Å². The lowest BCUT2D eigenvalue weighted by molar-refractivity contribution is 0.973. The monoisotopic (exact) mass is 235 g/mol. The molecule has 2 aromatic heterocycles. The van der Waals surface area contributed by atoms with Crippen LogP contribution >= 0.6 is 0 Å². The maximum atomic E-state index is 4.71. The molecule has 88 valence electrons. The molecular formula is C15H13N3. The lowest BCUT2D eigenvalue weighted by Gasteiger charge is -1.97. The zero-order chi connectivity index (χ0) is 12.3. The smallest absolute Gasteiger partial charge is 0.215 e. The highest BCUT2D eigenvalue weighted by atomic mass is 15.2. The van der Waals surface area contributed by atoms with Crippen molar-refractivity contribution in [3.63, 3.8) is 0 Å². The van der Waals surface area contributed by atoms with E-state index >= 15 is 0 Å². The molecule has 0 aliphatic carbocycles. The van der Waals surface area contributed by atoms with Gasteiger partial charge in [0.2, 0.25) is 5.78 Å². The maximum Gasteiger partial charge on any atom is 0.215 e. The standard InChI is InChI=1S/C15H13N3/c1-10-7-8-13-14(9-10)18-12-6-4-3-5-11(12)16-15(18)17(13)2/h3-9H,1-2H3. The van der Waals surface area contributed by atoms with Crippen molar-refractivity contribution in [2.24, 2.45) is 7.05 Å². The molecule has 0 aliphatic heterocycles. The minimum atomic E-state index is 0.997. The molecule has 3 heteroatoms. The minimum Gasteiger partial charge on any atom is -0.313 e. The summed E-state index contributed by atoms with van der Waals surface area (Å²) in [5.41, 5.74) is 5.93. The quantitative estimate of drug-likeness (QED) is 0.458. The van der Waals surface area contributed by atoms with Gasteiger partial charge in [-0.3, -0.25) is 4.40 Å². The molecule has 0 radical (unpaired) electrons. The molecule has 4 aromatic rings. The highest BCUT2D eigenvalue weighted by Gasteiger charge is 2.12. The predicted molar refractivity (Wildman–Crippen MR) is 73.9 cm³/mol. The summed E-state index contributed by atoms with van der Waals surface area (Å²) in [4.78, 5) is 4.71. The number of rotatable bonds is 0. The lowest BCUT2D eigenvalue weighted by atomic mass is 10.2. The Hall–Kier alpha value is -2.29. The molecule has 0 spiro atoms. The van der Waals surface area contributed by atoms with Crippen LogP contribution in [0.1, 0.15) is 5.56 Å². The second kappa shape index (κ2) is 3.13. The van der Waals surface area contributed by atoms with E-state index in [2.05, 4.69) is 59.3 Å². The van der Waals surface area contributed by atoms with Crippen molar-refractivity contribution < 1.29 is 0 Å². The van der Waals surface area contributed by atoms with Crippen molar-refractivity contribution >= 4 is 27.8 Å². The average Bonchev–Trinajstić information content (AvgIpc) is 2.87. The Morgan fingerprint density at radius 1 is 0.944 bits per heavy atom. The van der Waals surface area contributed by atoms with Gasteiger partial charge in [0.15, 0.2) is 0 Å². The molecule has 0 bridgehead atoms. The van der Waals surface area contributed by atoms with E-state index in [9.17, 15) is 0 Å². The van der Waals surface area contributed by atoms with Crippen LogP contribution < -0.4 is 0 Å². The third-order valence-corrected chi connectivity index (χ3v) is 3.58. The summed E-state index contributed by atoms with van der Waals surface area (Å²) >= 11 is 0. The molecular weight excluding hydrogens is 222 g/mol. The van der Waals surface area contributed by atoms with Gasteiger partial charge in [-0.2, -0.15) is 0 Å². The van der Waals surface area contributed by atoms with Crippen LogP contribution in [0.2, 0.25) is 0 Å². The maximum absolute atomic E-state index is 4.71. The number of aromatic nitrogens is 3. The topological polar surface area (TPSA) is 22.2 Å². The molecule has 0 saturated heterocycles. The van der Waals surface area contributed by atoms with Crippen LogP contribution in [0.4, 0.5) is 0 Å². The lowest BCUT2D eigenvalue weighted by Crippen LogP contribution is -1.87. The summed E-state index contributed by atoms with van der Waals surface area (Å²) < 4.78 is 4.38. The largest absolute Gasteiger partial charge is 0.313 e. The molecule has 2 aromatic carbocycles. The predicted octanol–water partition coefficient (Wildman–Crippen LogP) is 3.29. The molecule has 0 saturated carbocycles. The van der Waals surface area contributed by atoms with Crippen molar-refractivity contribution in [1.29, 1.82) is 0 Å². The summed E-state index contributed by atoms with van der Waals surface area (Å²) in [7, 11) is 2.07. The Labute approximate surface area is 104 Å². The van der Waals surface area contributed by atoms with Gasteiger partial charge < -0.3 is 4.57 Å². The second-order valence-electron chi connectivity index (χ2n) is 4.79. The summed E-state index contributed by atoms with van der Waals surface area (Å²) in [5, 5.41) is 0. The third-order valence-electron chi connectivity index (χ3n) is 3.58. The van der Waals surface area contributed by atoms with E-state index in [1.165, 1.54) is 22.1 Å². The first-order valence-corrected chi connectivity index (χ1v) is 6.08. The van der Waals surface area contributed by atoms with Crippen molar-refractivity contribution in [3.8, 4) is 0 Å². The van der Waals surface area contributed by atoms with Crippen molar-refractivity contribution in [2.75, 3.05) is 0 Å². The molecule has 0 aliphatic rings. The van der Waals surface area contributed by atoms with Crippen LogP contribution in [0.3, 0.4) is 0 Å². The molecule has 0 atom stereocenters. The third kappa shape index (κ3) is 1.06. The molecule has 2 heterocycles. The van der Waals surface area contributed by atoms with Crippen LogP contribution in [-0.2, 0) is 7.05 Å². The molecule has 0 fully saturated rings. The molecule has 0 N–H and O–H groups in total. The van der Waals surface area contributed by atoms with E-state index in [1.807, 2.05) is 6.07 Å². The highest BCUT2D eigenvalue weighted by molar-refractivity contribution is 5.90. The number of benzene rings is 2. The first-order valence-electron chi connectivity index (χ1n) is 6.08. The summed E-state index contributed by atoms with van der Waals surface area (Å²) in [6.45, 7) is 2.12. The van der Waals surface area contributed by atoms with Gasteiger partial charge in [0.1, 0.15) is 0 Å². The first kappa shape index (κ1) is 9.71. The molecule has 18 heavy (non-hydrogen) atoms. The Morgan fingerprint density at radius 3 is 2.67 bits per heavy atom. The van der Waals surface area contributed by atoms with E-state index in [1.54, 1.807) is 0 Å². The fourth-order valence-corrected chi connectivity index (χ4v) is 2.68. The van der Waals surface area contributed by atoms with Crippen molar-refractivity contribution in [1.82, 2.24) is 14.0 Å². The SMILES string of the molecule is Cc1ccc2c(c1)n1c3ccccc3nc1n2C. The van der Waals surface area contributed by atoms with Gasteiger partial charge in [0.05, 0.1) is 22.1 Å².